The molecule has 7 heteroatoms. The van der Waals surface area contributed by atoms with E-state index >= 15 is 0 Å². The average molecular weight is 388 g/mol. The first-order valence-corrected chi connectivity index (χ1v) is 11.8. The predicted octanol–water partition coefficient (Wildman–Crippen LogP) is 2.88. The number of allylic oxidation sites excluding steroid dienone is 2. The fraction of sp³-hybridized carbons (Fsp3) is 0.556. The molecule has 142 valence electrons. The molecule has 1 rings (SSSR count). The zero-order valence-corrected chi connectivity index (χ0v) is 16.9. The second kappa shape index (κ2) is 8.01. The van der Waals surface area contributed by atoms with Crippen LogP contribution in [-0.4, -0.2) is 34.4 Å². The van der Waals surface area contributed by atoms with Crippen molar-refractivity contribution in [2.75, 3.05) is 11.5 Å². The van der Waals surface area contributed by atoms with Crippen molar-refractivity contribution in [2.45, 2.75) is 46.1 Å². The standard InChI is InChI=1S/C18H29NO4S2/c1-6-9-10-16-11-12-17(19)18(13-16,14(4)24(20,21)7-2)15(5)25(22,23)8-3/h11-13,17H,4-10,19H2,1-3H3. The molecule has 0 aliphatic heterocycles. The maximum atomic E-state index is 12.5. The Labute approximate surface area is 152 Å². The van der Waals surface area contributed by atoms with Gasteiger partial charge in [-0.25, -0.2) is 16.8 Å². The third-order valence-electron chi connectivity index (χ3n) is 4.71. The van der Waals surface area contributed by atoms with Crippen molar-refractivity contribution in [3.05, 3.63) is 46.8 Å². The normalized spacial score (nSPS) is 20.2. The summed E-state index contributed by atoms with van der Waals surface area (Å²) < 4.78 is 50.2. The largest absolute Gasteiger partial charge is 0.323 e. The maximum absolute atomic E-state index is 12.5. The van der Waals surface area contributed by atoms with Crippen LogP contribution in [0.4, 0.5) is 0 Å². The molecule has 0 bridgehead atoms. The first-order chi connectivity index (χ1) is 11.5. The highest BCUT2D eigenvalue weighted by molar-refractivity contribution is 7.96. The van der Waals surface area contributed by atoms with E-state index in [1.54, 1.807) is 12.2 Å². The summed E-state index contributed by atoms with van der Waals surface area (Å²) in [7, 11) is -7.45. The number of unbranched alkanes of at least 4 members (excludes halogenated alkanes) is 1. The van der Waals surface area contributed by atoms with Crippen molar-refractivity contribution >= 4 is 19.7 Å². The molecule has 0 aromatic heterocycles. The van der Waals surface area contributed by atoms with Crippen LogP contribution in [0.25, 0.3) is 0 Å². The summed E-state index contributed by atoms with van der Waals surface area (Å²) in [6.45, 7) is 12.6. The molecule has 0 saturated carbocycles. The molecule has 1 atom stereocenters. The zero-order valence-electron chi connectivity index (χ0n) is 15.3. The molecule has 0 amide bonds. The SMILES string of the molecule is C=C(C1(C(=C)S(=O)(=O)CC)C=C(CCCC)C=CC1N)S(=O)(=O)CC. The van der Waals surface area contributed by atoms with E-state index in [1.165, 1.54) is 13.8 Å². The summed E-state index contributed by atoms with van der Waals surface area (Å²) in [6.07, 6.45) is 7.71. The first kappa shape index (κ1) is 21.9. The molecule has 1 aliphatic rings. The molecule has 2 N–H and O–H groups in total. The Bertz CT molecular complexity index is 756. The van der Waals surface area contributed by atoms with Crippen LogP contribution in [0.15, 0.2) is 46.8 Å². The van der Waals surface area contributed by atoms with Gasteiger partial charge < -0.3 is 5.73 Å². The number of sulfone groups is 2. The summed E-state index contributed by atoms with van der Waals surface area (Å²) in [6, 6.07) is -0.861. The number of hydrogen-bond donors (Lipinski definition) is 1. The number of rotatable bonds is 9. The molecule has 25 heavy (non-hydrogen) atoms. The monoisotopic (exact) mass is 387 g/mol. The molecule has 0 heterocycles. The van der Waals surface area contributed by atoms with E-state index in [9.17, 15) is 16.8 Å². The van der Waals surface area contributed by atoms with Crippen LogP contribution in [0.1, 0.15) is 40.0 Å². The highest BCUT2D eigenvalue weighted by Crippen LogP contribution is 2.47. The predicted molar refractivity (Wildman–Crippen MR) is 104 cm³/mol. The van der Waals surface area contributed by atoms with Crippen molar-refractivity contribution in [2.24, 2.45) is 11.1 Å². The smallest absolute Gasteiger partial charge is 0.175 e. The fourth-order valence-electron chi connectivity index (χ4n) is 2.90. The lowest BCUT2D eigenvalue weighted by Crippen LogP contribution is -2.47. The summed E-state index contributed by atoms with van der Waals surface area (Å²) in [5.41, 5.74) is 5.54. The minimum absolute atomic E-state index is 0.179. The Morgan fingerprint density at radius 1 is 1.08 bits per heavy atom. The van der Waals surface area contributed by atoms with Crippen molar-refractivity contribution in [3.8, 4) is 0 Å². The minimum atomic E-state index is -3.72. The van der Waals surface area contributed by atoms with Gasteiger partial charge in [-0.15, -0.1) is 0 Å². The van der Waals surface area contributed by atoms with Crippen LogP contribution in [-0.2, 0) is 19.7 Å². The molecular formula is C18H29NO4S2. The highest BCUT2D eigenvalue weighted by Gasteiger charge is 2.49. The average Bonchev–Trinajstić information content (AvgIpc) is 2.59. The fourth-order valence-corrected chi connectivity index (χ4v) is 5.33. The van der Waals surface area contributed by atoms with Crippen molar-refractivity contribution in [3.63, 3.8) is 0 Å². The Morgan fingerprint density at radius 3 is 1.96 bits per heavy atom. The van der Waals surface area contributed by atoms with Gasteiger partial charge >= 0.3 is 0 Å². The van der Waals surface area contributed by atoms with E-state index in [-0.39, 0.29) is 21.3 Å². The van der Waals surface area contributed by atoms with Gasteiger partial charge in [-0.3, -0.25) is 0 Å². The third kappa shape index (κ3) is 4.15. The summed E-state index contributed by atoms with van der Waals surface area (Å²) in [5.74, 6) is -0.358. The van der Waals surface area contributed by atoms with E-state index in [4.69, 9.17) is 5.73 Å². The van der Waals surface area contributed by atoms with Crippen LogP contribution in [0.2, 0.25) is 0 Å². The van der Waals surface area contributed by atoms with Gasteiger partial charge in [0.05, 0.1) is 26.7 Å². The number of hydrogen-bond acceptors (Lipinski definition) is 5. The second-order valence-electron chi connectivity index (χ2n) is 6.23. The van der Waals surface area contributed by atoms with Crippen molar-refractivity contribution in [1.82, 2.24) is 0 Å². The third-order valence-corrected chi connectivity index (χ3v) is 8.41. The lowest BCUT2D eigenvalue weighted by Gasteiger charge is -2.40. The Hall–Kier alpha value is -1.18. The quantitative estimate of drug-likeness (QED) is 0.656. The van der Waals surface area contributed by atoms with E-state index in [2.05, 4.69) is 13.2 Å². The van der Waals surface area contributed by atoms with Gasteiger partial charge in [-0.1, -0.05) is 64.2 Å². The Kier molecular flexibility index (Phi) is 7.01. The van der Waals surface area contributed by atoms with Crippen LogP contribution >= 0.6 is 0 Å². The summed E-state index contributed by atoms with van der Waals surface area (Å²) in [4.78, 5) is -0.397. The topological polar surface area (TPSA) is 94.3 Å². The Balaban J connectivity index is 3.69. The molecule has 0 spiro atoms. The minimum Gasteiger partial charge on any atom is -0.323 e. The van der Waals surface area contributed by atoms with Crippen LogP contribution < -0.4 is 5.73 Å². The van der Waals surface area contributed by atoms with Crippen molar-refractivity contribution < 1.29 is 16.8 Å². The molecule has 0 aromatic rings. The lowest BCUT2D eigenvalue weighted by atomic mass is 9.75. The number of nitrogens with two attached hydrogens (primary N) is 1. The van der Waals surface area contributed by atoms with Crippen molar-refractivity contribution in [1.29, 1.82) is 0 Å². The first-order valence-electron chi connectivity index (χ1n) is 8.49. The van der Waals surface area contributed by atoms with E-state index in [1.807, 2.05) is 13.0 Å². The van der Waals surface area contributed by atoms with Gasteiger partial charge in [-0.05, 0) is 12.8 Å². The molecule has 0 aromatic carbocycles. The van der Waals surface area contributed by atoms with Gasteiger partial charge in [0.1, 0.15) is 0 Å². The van der Waals surface area contributed by atoms with Crippen LogP contribution in [0, 0.1) is 5.41 Å². The van der Waals surface area contributed by atoms with E-state index < -0.39 is 31.1 Å². The van der Waals surface area contributed by atoms with Gasteiger partial charge in [0, 0.05) is 6.04 Å². The molecule has 0 saturated heterocycles. The molecule has 1 unspecified atom stereocenters. The second-order valence-corrected chi connectivity index (χ2v) is 10.8. The van der Waals surface area contributed by atoms with E-state index in [0.717, 1.165) is 18.4 Å². The molecule has 0 fully saturated rings. The molecule has 0 radical (unpaired) electrons. The molecular weight excluding hydrogens is 358 g/mol. The van der Waals surface area contributed by atoms with Gasteiger partial charge in [0.25, 0.3) is 0 Å². The van der Waals surface area contributed by atoms with Gasteiger partial charge in [-0.2, -0.15) is 0 Å². The molecule has 1 aliphatic carbocycles. The Morgan fingerprint density at radius 2 is 1.56 bits per heavy atom. The zero-order chi connectivity index (χ0) is 19.5. The lowest BCUT2D eigenvalue weighted by molar-refractivity contribution is 0.495. The molecule has 5 nitrogen and oxygen atoms in total. The van der Waals surface area contributed by atoms with Gasteiger partial charge in [0.2, 0.25) is 0 Å². The maximum Gasteiger partial charge on any atom is 0.175 e. The summed E-state index contributed by atoms with van der Waals surface area (Å²) in [5, 5.41) is 0. The van der Waals surface area contributed by atoms with Crippen LogP contribution in [0.3, 0.4) is 0 Å². The van der Waals surface area contributed by atoms with E-state index in [0.29, 0.717) is 6.42 Å². The van der Waals surface area contributed by atoms with Gasteiger partial charge in [0.15, 0.2) is 19.7 Å². The highest BCUT2D eigenvalue weighted by atomic mass is 32.2. The summed E-state index contributed by atoms with van der Waals surface area (Å²) >= 11 is 0. The van der Waals surface area contributed by atoms with Crippen LogP contribution in [0.5, 0.6) is 0 Å².